The largest absolute Gasteiger partial charge is 0.349 e. The number of amides is 1. The standard InChI is InChI=1S/C18H22N2O/c1-13(2)15-9-7-14(8-10-15)11-16(12-19)18(21)20-17-5-3-4-6-17/h7-11,13,17H,3-6H2,1-2H3,(H,20,21). The molecule has 1 aromatic rings. The zero-order valence-electron chi connectivity index (χ0n) is 12.7. The lowest BCUT2D eigenvalue weighted by Crippen LogP contribution is -2.33. The molecule has 1 aromatic carbocycles. The average molecular weight is 282 g/mol. The predicted octanol–water partition coefficient (Wildman–Crippen LogP) is 3.78. The van der Waals surface area contributed by atoms with E-state index in [2.05, 4.69) is 19.2 Å². The first-order valence-corrected chi connectivity index (χ1v) is 7.62. The van der Waals surface area contributed by atoms with Gasteiger partial charge in [-0.15, -0.1) is 0 Å². The Kier molecular flexibility index (Phi) is 5.16. The molecule has 1 fully saturated rings. The second-order valence-corrected chi connectivity index (χ2v) is 5.95. The Labute approximate surface area is 126 Å². The first-order valence-electron chi connectivity index (χ1n) is 7.62. The minimum absolute atomic E-state index is 0.180. The van der Waals surface area contributed by atoms with Gasteiger partial charge in [0.1, 0.15) is 11.6 Å². The van der Waals surface area contributed by atoms with E-state index in [-0.39, 0.29) is 17.5 Å². The summed E-state index contributed by atoms with van der Waals surface area (Å²) in [5, 5.41) is 12.1. The Balaban J connectivity index is 2.08. The van der Waals surface area contributed by atoms with Crippen molar-refractivity contribution < 1.29 is 4.79 Å². The highest BCUT2D eigenvalue weighted by Crippen LogP contribution is 2.19. The van der Waals surface area contributed by atoms with Gasteiger partial charge >= 0.3 is 0 Å². The van der Waals surface area contributed by atoms with E-state index < -0.39 is 0 Å². The number of rotatable bonds is 4. The third-order valence-corrected chi connectivity index (χ3v) is 3.97. The van der Waals surface area contributed by atoms with Crippen molar-refractivity contribution >= 4 is 12.0 Å². The monoisotopic (exact) mass is 282 g/mol. The smallest absolute Gasteiger partial charge is 0.262 e. The van der Waals surface area contributed by atoms with Crippen molar-refractivity contribution in [2.45, 2.75) is 51.5 Å². The molecule has 21 heavy (non-hydrogen) atoms. The summed E-state index contributed by atoms with van der Waals surface area (Å²) in [6, 6.07) is 10.2. The summed E-state index contributed by atoms with van der Waals surface area (Å²) in [7, 11) is 0. The maximum absolute atomic E-state index is 12.1. The van der Waals surface area contributed by atoms with Crippen molar-refractivity contribution in [1.29, 1.82) is 5.26 Å². The number of hydrogen-bond donors (Lipinski definition) is 1. The number of carbonyl (C=O) groups excluding carboxylic acids is 1. The van der Waals surface area contributed by atoms with Crippen molar-refractivity contribution in [2.75, 3.05) is 0 Å². The molecule has 3 heteroatoms. The van der Waals surface area contributed by atoms with Crippen molar-refractivity contribution in [3.05, 3.63) is 41.0 Å². The van der Waals surface area contributed by atoms with Gasteiger partial charge in [-0.1, -0.05) is 51.0 Å². The van der Waals surface area contributed by atoms with Crippen LogP contribution in [0.4, 0.5) is 0 Å². The highest BCUT2D eigenvalue weighted by atomic mass is 16.1. The maximum atomic E-state index is 12.1. The molecule has 1 N–H and O–H groups in total. The summed E-state index contributed by atoms with van der Waals surface area (Å²) < 4.78 is 0. The molecule has 1 aliphatic carbocycles. The summed E-state index contributed by atoms with van der Waals surface area (Å²) in [5.74, 6) is 0.224. The summed E-state index contributed by atoms with van der Waals surface area (Å²) in [5.41, 5.74) is 2.32. The molecule has 2 rings (SSSR count). The molecular weight excluding hydrogens is 260 g/mol. The number of nitrogens with one attached hydrogen (secondary N) is 1. The van der Waals surface area contributed by atoms with Crippen LogP contribution in [-0.2, 0) is 4.79 Å². The van der Waals surface area contributed by atoms with Gasteiger partial charge in [-0.25, -0.2) is 0 Å². The zero-order chi connectivity index (χ0) is 15.2. The van der Waals surface area contributed by atoms with Crippen molar-refractivity contribution in [3.8, 4) is 6.07 Å². The minimum atomic E-state index is -0.252. The third-order valence-electron chi connectivity index (χ3n) is 3.97. The van der Waals surface area contributed by atoms with Crippen LogP contribution in [0.15, 0.2) is 29.8 Å². The summed E-state index contributed by atoms with van der Waals surface area (Å²) in [6.07, 6.45) is 6.02. The fourth-order valence-electron chi connectivity index (χ4n) is 2.63. The second kappa shape index (κ2) is 7.08. The van der Waals surface area contributed by atoms with Crippen LogP contribution in [0.1, 0.15) is 56.6 Å². The van der Waals surface area contributed by atoms with Gasteiger partial charge in [0.2, 0.25) is 0 Å². The number of benzene rings is 1. The molecule has 0 aromatic heterocycles. The Morgan fingerprint density at radius 1 is 1.29 bits per heavy atom. The molecule has 0 spiro atoms. The summed E-state index contributed by atoms with van der Waals surface area (Å²) >= 11 is 0. The Hall–Kier alpha value is -2.08. The van der Waals surface area contributed by atoms with Gasteiger partial charge in [-0.05, 0) is 36.0 Å². The van der Waals surface area contributed by atoms with Crippen molar-refractivity contribution in [1.82, 2.24) is 5.32 Å². The molecule has 0 heterocycles. The molecule has 110 valence electrons. The lowest BCUT2D eigenvalue weighted by atomic mass is 10.0. The van der Waals surface area contributed by atoms with Crippen molar-refractivity contribution in [3.63, 3.8) is 0 Å². The van der Waals surface area contributed by atoms with Crippen LogP contribution in [0.5, 0.6) is 0 Å². The number of nitrogens with zero attached hydrogens (tertiary/aromatic N) is 1. The van der Waals surface area contributed by atoms with Crippen LogP contribution in [0.3, 0.4) is 0 Å². The normalized spacial score (nSPS) is 16.0. The SMILES string of the molecule is CC(C)c1ccc(C=C(C#N)C(=O)NC2CCCC2)cc1. The van der Waals surface area contributed by atoms with Crippen LogP contribution in [-0.4, -0.2) is 11.9 Å². The molecule has 0 aliphatic heterocycles. The summed E-state index contributed by atoms with van der Waals surface area (Å²) in [6.45, 7) is 4.28. The molecule has 0 unspecified atom stereocenters. The first-order chi connectivity index (χ1) is 10.1. The second-order valence-electron chi connectivity index (χ2n) is 5.95. The van der Waals surface area contributed by atoms with E-state index in [9.17, 15) is 10.1 Å². The zero-order valence-corrected chi connectivity index (χ0v) is 12.7. The van der Waals surface area contributed by atoms with E-state index in [4.69, 9.17) is 0 Å². The summed E-state index contributed by atoms with van der Waals surface area (Å²) in [4.78, 5) is 12.1. The highest BCUT2D eigenvalue weighted by Gasteiger charge is 2.19. The van der Waals surface area contributed by atoms with Gasteiger partial charge in [-0.2, -0.15) is 5.26 Å². The van der Waals surface area contributed by atoms with E-state index in [1.54, 1.807) is 6.08 Å². The van der Waals surface area contributed by atoms with Crippen LogP contribution < -0.4 is 5.32 Å². The Morgan fingerprint density at radius 3 is 2.43 bits per heavy atom. The van der Waals surface area contributed by atoms with Crippen LogP contribution in [0, 0.1) is 11.3 Å². The fraction of sp³-hybridized carbons (Fsp3) is 0.444. The molecule has 0 radical (unpaired) electrons. The van der Waals surface area contributed by atoms with Gasteiger partial charge in [0.25, 0.3) is 5.91 Å². The number of hydrogen-bond acceptors (Lipinski definition) is 2. The molecule has 3 nitrogen and oxygen atoms in total. The third kappa shape index (κ3) is 4.19. The number of carbonyl (C=O) groups is 1. The van der Waals surface area contributed by atoms with Gasteiger partial charge in [-0.3, -0.25) is 4.79 Å². The van der Waals surface area contributed by atoms with Gasteiger partial charge in [0.05, 0.1) is 0 Å². The first kappa shape index (κ1) is 15.3. The van der Waals surface area contributed by atoms with E-state index in [1.807, 2.05) is 30.3 Å². The Bertz CT molecular complexity index is 558. The lowest BCUT2D eigenvalue weighted by molar-refractivity contribution is -0.117. The van der Waals surface area contributed by atoms with Gasteiger partial charge in [0, 0.05) is 6.04 Å². The van der Waals surface area contributed by atoms with E-state index in [1.165, 1.54) is 5.56 Å². The van der Waals surface area contributed by atoms with Gasteiger partial charge in [0.15, 0.2) is 0 Å². The molecule has 1 aliphatic rings. The van der Waals surface area contributed by atoms with E-state index in [0.29, 0.717) is 5.92 Å². The van der Waals surface area contributed by atoms with Crippen LogP contribution in [0.25, 0.3) is 6.08 Å². The molecule has 1 saturated carbocycles. The molecule has 1 amide bonds. The van der Waals surface area contributed by atoms with Crippen molar-refractivity contribution in [2.24, 2.45) is 0 Å². The van der Waals surface area contributed by atoms with E-state index in [0.717, 1.165) is 31.2 Å². The maximum Gasteiger partial charge on any atom is 0.262 e. The molecule has 0 saturated heterocycles. The molecular formula is C18H22N2O. The fourth-order valence-corrected chi connectivity index (χ4v) is 2.63. The highest BCUT2D eigenvalue weighted by molar-refractivity contribution is 6.01. The van der Waals surface area contributed by atoms with E-state index >= 15 is 0 Å². The quantitative estimate of drug-likeness (QED) is 0.675. The predicted molar refractivity (Wildman–Crippen MR) is 84.5 cm³/mol. The molecule has 0 bridgehead atoms. The van der Waals surface area contributed by atoms with Crippen LogP contribution >= 0.6 is 0 Å². The topological polar surface area (TPSA) is 52.9 Å². The molecule has 0 atom stereocenters. The lowest BCUT2D eigenvalue weighted by Gasteiger charge is -2.11. The van der Waals surface area contributed by atoms with Gasteiger partial charge < -0.3 is 5.32 Å². The number of nitriles is 1. The Morgan fingerprint density at radius 2 is 1.90 bits per heavy atom. The van der Waals surface area contributed by atoms with Crippen LogP contribution in [0.2, 0.25) is 0 Å². The minimum Gasteiger partial charge on any atom is -0.349 e. The average Bonchev–Trinajstić information content (AvgIpc) is 2.98.